The van der Waals surface area contributed by atoms with Crippen molar-refractivity contribution in [3.8, 4) is 0 Å². The van der Waals surface area contributed by atoms with Crippen molar-refractivity contribution in [2.24, 2.45) is 0 Å². The minimum atomic E-state index is -0.0834. The molecule has 0 bridgehead atoms. The molecule has 0 fully saturated rings. The number of rotatable bonds is 3. The third kappa shape index (κ3) is 2.14. The van der Waals surface area contributed by atoms with Crippen molar-refractivity contribution in [2.45, 2.75) is 6.04 Å². The van der Waals surface area contributed by atoms with E-state index in [1.54, 1.807) is 18.7 Å². The van der Waals surface area contributed by atoms with Gasteiger partial charge in [-0.3, -0.25) is 4.98 Å². The molecule has 0 saturated carbocycles. The zero-order valence-electron chi connectivity index (χ0n) is 8.58. The largest absolute Gasteiger partial charge is 0.466 e. The van der Waals surface area contributed by atoms with Gasteiger partial charge in [0.15, 0.2) is 0 Å². The van der Waals surface area contributed by atoms with Crippen LogP contribution >= 0.6 is 27.5 Å². The van der Waals surface area contributed by atoms with Gasteiger partial charge in [0, 0.05) is 12.4 Å². The fourth-order valence-corrected chi connectivity index (χ4v) is 2.22. The average Bonchev–Trinajstić information content (AvgIpc) is 2.69. The van der Waals surface area contributed by atoms with E-state index in [-0.39, 0.29) is 6.04 Å². The van der Waals surface area contributed by atoms with E-state index in [0.717, 1.165) is 15.8 Å². The number of hydrogen-bond donors (Lipinski definition) is 1. The highest BCUT2D eigenvalue weighted by Crippen LogP contribution is 2.32. The lowest BCUT2D eigenvalue weighted by atomic mass is 10.1. The SMILES string of the molecule is CNC(c1ccncc1Cl)c1occc1Br. The number of pyridine rings is 1. The monoisotopic (exact) mass is 300 g/mol. The van der Waals surface area contributed by atoms with Gasteiger partial charge in [0.05, 0.1) is 21.8 Å². The molecular formula is C11H10BrClN2O. The Balaban J connectivity index is 2.45. The van der Waals surface area contributed by atoms with Crippen LogP contribution in [-0.4, -0.2) is 12.0 Å². The lowest BCUT2D eigenvalue weighted by Crippen LogP contribution is -2.17. The van der Waals surface area contributed by atoms with Gasteiger partial charge in [0.25, 0.3) is 0 Å². The van der Waals surface area contributed by atoms with Crippen LogP contribution in [0.1, 0.15) is 17.4 Å². The Labute approximate surface area is 107 Å². The summed E-state index contributed by atoms with van der Waals surface area (Å²) in [7, 11) is 1.86. The van der Waals surface area contributed by atoms with Gasteiger partial charge in [0.1, 0.15) is 5.76 Å². The van der Waals surface area contributed by atoms with Crippen molar-refractivity contribution in [1.82, 2.24) is 10.3 Å². The molecule has 0 aliphatic heterocycles. The van der Waals surface area contributed by atoms with E-state index in [9.17, 15) is 0 Å². The maximum Gasteiger partial charge on any atom is 0.139 e. The van der Waals surface area contributed by atoms with Crippen LogP contribution in [0.25, 0.3) is 0 Å². The summed E-state index contributed by atoms with van der Waals surface area (Å²) < 4.78 is 6.35. The molecule has 2 aromatic rings. The van der Waals surface area contributed by atoms with Crippen LogP contribution in [0.4, 0.5) is 0 Å². The van der Waals surface area contributed by atoms with Gasteiger partial charge in [-0.2, -0.15) is 0 Å². The number of aromatic nitrogens is 1. The van der Waals surface area contributed by atoms with Crippen LogP contribution in [0.5, 0.6) is 0 Å². The third-order valence-electron chi connectivity index (χ3n) is 2.31. The molecule has 84 valence electrons. The number of nitrogens with zero attached hydrogens (tertiary/aromatic N) is 1. The van der Waals surface area contributed by atoms with Crippen molar-refractivity contribution in [3.05, 3.63) is 51.6 Å². The fraction of sp³-hybridized carbons (Fsp3) is 0.182. The lowest BCUT2D eigenvalue weighted by molar-refractivity contribution is 0.461. The van der Waals surface area contributed by atoms with Crippen LogP contribution in [0.3, 0.4) is 0 Å². The maximum atomic E-state index is 6.11. The lowest BCUT2D eigenvalue weighted by Gasteiger charge is -2.15. The normalized spacial score (nSPS) is 12.7. The first-order valence-electron chi connectivity index (χ1n) is 4.73. The molecule has 0 aromatic carbocycles. The molecule has 16 heavy (non-hydrogen) atoms. The molecule has 1 unspecified atom stereocenters. The van der Waals surface area contributed by atoms with E-state index < -0.39 is 0 Å². The molecule has 0 spiro atoms. The minimum Gasteiger partial charge on any atom is -0.466 e. The quantitative estimate of drug-likeness (QED) is 0.944. The van der Waals surface area contributed by atoms with Gasteiger partial charge in [-0.05, 0) is 40.7 Å². The van der Waals surface area contributed by atoms with Crippen LogP contribution < -0.4 is 5.32 Å². The van der Waals surface area contributed by atoms with Crippen LogP contribution in [-0.2, 0) is 0 Å². The average molecular weight is 302 g/mol. The third-order valence-corrected chi connectivity index (χ3v) is 3.28. The van der Waals surface area contributed by atoms with E-state index >= 15 is 0 Å². The van der Waals surface area contributed by atoms with Gasteiger partial charge < -0.3 is 9.73 Å². The van der Waals surface area contributed by atoms with Gasteiger partial charge in [0.2, 0.25) is 0 Å². The molecule has 5 heteroatoms. The zero-order chi connectivity index (χ0) is 11.5. The van der Waals surface area contributed by atoms with Crippen molar-refractivity contribution >= 4 is 27.5 Å². The molecule has 2 aromatic heterocycles. The van der Waals surface area contributed by atoms with E-state index in [1.807, 2.05) is 19.2 Å². The summed E-state index contributed by atoms with van der Waals surface area (Å²) in [6.07, 6.45) is 4.97. The second-order valence-electron chi connectivity index (χ2n) is 3.25. The van der Waals surface area contributed by atoms with Crippen molar-refractivity contribution < 1.29 is 4.42 Å². The Morgan fingerprint density at radius 1 is 1.50 bits per heavy atom. The van der Waals surface area contributed by atoms with Gasteiger partial charge in [-0.15, -0.1) is 0 Å². The summed E-state index contributed by atoms with van der Waals surface area (Å²) in [5.74, 6) is 0.801. The summed E-state index contributed by atoms with van der Waals surface area (Å²) in [5.41, 5.74) is 0.940. The van der Waals surface area contributed by atoms with Crippen molar-refractivity contribution in [1.29, 1.82) is 0 Å². The van der Waals surface area contributed by atoms with Gasteiger partial charge >= 0.3 is 0 Å². The maximum absolute atomic E-state index is 6.11. The second-order valence-corrected chi connectivity index (χ2v) is 4.51. The standard InChI is InChI=1S/C11H10BrClN2O/c1-14-10(11-8(12)3-5-16-11)7-2-4-15-6-9(7)13/h2-6,10,14H,1H3. The summed E-state index contributed by atoms with van der Waals surface area (Å²) in [5, 5.41) is 3.78. The number of hydrogen-bond acceptors (Lipinski definition) is 3. The molecule has 0 saturated heterocycles. The first kappa shape index (κ1) is 11.6. The summed E-state index contributed by atoms with van der Waals surface area (Å²) >= 11 is 9.54. The van der Waals surface area contributed by atoms with E-state index in [1.165, 1.54) is 0 Å². The summed E-state index contributed by atoms with van der Waals surface area (Å²) in [6, 6.07) is 3.65. The molecule has 0 radical (unpaired) electrons. The molecule has 0 amide bonds. The second kappa shape index (κ2) is 4.99. The number of furan rings is 1. The van der Waals surface area contributed by atoms with Crippen molar-refractivity contribution in [3.63, 3.8) is 0 Å². The molecule has 1 N–H and O–H groups in total. The van der Waals surface area contributed by atoms with E-state index in [0.29, 0.717) is 5.02 Å². The smallest absolute Gasteiger partial charge is 0.139 e. The Hall–Kier alpha value is -0.840. The molecule has 2 rings (SSSR count). The molecule has 0 aliphatic rings. The van der Waals surface area contributed by atoms with E-state index in [2.05, 4.69) is 26.2 Å². The highest BCUT2D eigenvalue weighted by atomic mass is 79.9. The Morgan fingerprint density at radius 3 is 2.88 bits per heavy atom. The number of halogens is 2. The first-order valence-corrected chi connectivity index (χ1v) is 5.90. The van der Waals surface area contributed by atoms with Gasteiger partial charge in [-0.1, -0.05) is 11.6 Å². The topological polar surface area (TPSA) is 38.1 Å². The van der Waals surface area contributed by atoms with Crippen molar-refractivity contribution in [2.75, 3.05) is 7.05 Å². The van der Waals surface area contributed by atoms with E-state index in [4.69, 9.17) is 16.0 Å². The molecule has 0 aliphatic carbocycles. The predicted molar refractivity (Wildman–Crippen MR) is 66.6 cm³/mol. The van der Waals surface area contributed by atoms with Crippen LogP contribution in [0.2, 0.25) is 5.02 Å². The van der Waals surface area contributed by atoms with Gasteiger partial charge in [-0.25, -0.2) is 0 Å². The molecule has 1 atom stereocenters. The van der Waals surface area contributed by atoms with Crippen LogP contribution in [0.15, 0.2) is 39.7 Å². The molecular weight excluding hydrogens is 291 g/mol. The fourth-order valence-electron chi connectivity index (χ4n) is 1.56. The Kier molecular flexibility index (Phi) is 3.63. The molecule has 3 nitrogen and oxygen atoms in total. The van der Waals surface area contributed by atoms with Crippen LogP contribution in [0, 0.1) is 0 Å². The predicted octanol–water partition coefficient (Wildman–Crippen LogP) is 3.40. The first-order chi connectivity index (χ1) is 7.74. The Bertz CT molecular complexity index is 486. The highest BCUT2D eigenvalue weighted by Gasteiger charge is 2.20. The zero-order valence-corrected chi connectivity index (χ0v) is 10.9. The summed E-state index contributed by atoms with van der Waals surface area (Å²) in [4.78, 5) is 3.96. The minimum absolute atomic E-state index is 0.0834. The highest BCUT2D eigenvalue weighted by molar-refractivity contribution is 9.10. The molecule has 2 heterocycles. The Morgan fingerprint density at radius 2 is 2.31 bits per heavy atom. The summed E-state index contributed by atoms with van der Waals surface area (Å²) in [6.45, 7) is 0. The number of nitrogens with one attached hydrogen (secondary N) is 1.